The van der Waals surface area contributed by atoms with Gasteiger partial charge in [-0.2, -0.15) is 0 Å². The van der Waals surface area contributed by atoms with Gasteiger partial charge in [-0.05, 0) is 95.5 Å². The molecule has 0 amide bonds. The lowest BCUT2D eigenvalue weighted by Gasteiger charge is -2.32. The Kier molecular flexibility index (Phi) is 6.27. The van der Waals surface area contributed by atoms with Gasteiger partial charge in [-0.1, -0.05) is 87.4 Å². The van der Waals surface area contributed by atoms with Crippen molar-refractivity contribution >= 4 is 45.0 Å². The van der Waals surface area contributed by atoms with E-state index in [4.69, 9.17) is 9.31 Å². The quantitative estimate of drug-likeness (QED) is 0.209. The first-order chi connectivity index (χ1) is 16.8. The van der Waals surface area contributed by atoms with E-state index in [1.807, 2.05) is 0 Å². The molecule has 180 valence electrons. The van der Waals surface area contributed by atoms with Gasteiger partial charge in [0, 0.05) is 0 Å². The van der Waals surface area contributed by atoms with Gasteiger partial charge in [-0.25, -0.2) is 0 Å². The van der Waals surface area contributed by atoms with E-state index < -0.39 is 0 Å². The minimum absolute atomic E-state index is 0.300. The van der Waals surface area contributed by atoms with E-state index >= 15 is 0 Å². The van der Waals surface area contributed by atoms with E-state index in [2.05, 4.69) is 108 Å². The van der Waals surface area contributed by atoms with Crippen LogP contribution in [0.15, 0.2) is 72.2 Å². The van der Waals surface area contributed by atoms with Crippen LogP contribution in [0.4, 0.5) is 0 Å². The lowest BCUT2D eigenvalue weighted by Crippen LogP contribution is -2.41. The third-order valence-electron chi connectivity index (χ3n) is 8.02. The van der Waals surface area contributed by atoms with Gasteiger partial charge < -0.3 is 9.31 Å². The molecule has 3 heteroatoms. The summed E-state index contributed by atoms with van der Waals surface area (Å²) in [5.74, 6) is 0. The van der Waals surface area contributed by atoms with Crippen LogP contribution in [0.5, 0.6) is 0 Å². The van der Waals surface area contributed by atoms with E-state index in [0.717, 1.165) is 25.7 Å². The minimum atomic E-state index is -0.341. The third-order valence-corrected chi connectivity index (χ3v) is 8.02. The molecule has 2 nitrogen and oxygen atoms in total. The fourth-order valence-electron chi connectivity index (χ4n) is 5.42. The van der Waals surface area contributed by atoms with Gasteiger partial charge >= 0.3 is 7.12 Å². The molecule has 1 heterocycles. The molecule has 0 spiro atoms. The molecule has 0 radical (unpaired) electrons. The molecule has 0 saturated carbocycles. The van der Waals surface area contributed by atoms with Gasteiger partial charge in [0.1, 0.15) is 0 Å². The molecular weight excluding hydrogens is 427 g/mol. The summed E-state index contributed by atoms with van der Waals surface area (Å²) in [5, 5.41) is 7.82. The van der Waals surface area contributed by atoms with Crippen molar-refractivity contribution in [2.75, 3.05) is 0 Å². The lowest BCUT2D eigenvalue weighted by molar-refractivity contribution is 0.00578. The average molecular weight is 464 g/mol. The monoisotopic (exact) mass is 464 g/mol. The van der Waals surface area contributed by atoms with Crippen molar-refractivity contribution in [2.45, 2.75) is 78.4 Å². The third kappa shape index (κ3) is 4.19. The summed E-state index contributed by atoms with van der Waals surface area (Å²) in [5.41, 5.74) is 3.29. The van der Waals surface area contributed by atoms with Crippen LogP contribution in [-0.2, 0) is 9.31 Å². The molecule has 0 bridgehead atoms. The molecule has 0 N–H and O–H groups in total. The van der Waals surface area contributed by atoms with Gasteiger partial charge in [0.25, 0.3) is 0 Å². The van der Waals surface area contributed by atoms with E-state index in [-0.39, 0.29) is 18.3 Å². The van der Waals surface area contributed by atoms with Gasteiger partial charge in [0.15, 0.2) is 0 Å². The summed E-state index contributed by atoms with van der Waals surface area (Å²) in [6, 6.07) is 24.7. The highest BCUT2D eigenvalue weighted by atomic mass is 16.7. The topological polar surface area (TPSA) is 18.5 Å². The smallest absolute Gasteiger partial charge is 0.400 e. The predicted octanol–water partition coefficient (Wildman–Crippen LogP) is 9.13. The molecule has 0 unspecified atom stereocenters. The second-order valence-electron chi connectivity index (χ2n) is 11.0. The Hall–Kier alpha value is -2.62. The molecule has 35 heavy (non-hydrogen) atoms. The molecule has 1 fully saturated rings. The van der Waals surface area contributed by atoms with Crippen LogP contribution in [0.1, 0.15) is 72.8 Å². The maximum Gasteiger partial charge on any atom is 0.490 e. The maximum atomic E-state index is 6.56. The molecule has 1 aliphatic rings. The predicted molar refractivity (Wildman–Crippen MR) is 152 cm³/mol. The number of hydrogen-bond acceptors (Lipinski definition) is 2. The maximum absolute atomic E-state index is 6.56. The van der Waals surface area contributed by atoms with Crippen molar-refractivity contribution in [3.8, 4) is 0 Å². The Bertz CT molecular complexity index is 1410. The normalized spacial score (nSPS) is 17.9. The second kappa shape index (κ2) is 9.11. The molecule has 5 rings (SSSR count). The summed E-state index contributed by atoms with van der Waals surface area (Å²) >= 11 is 0. The summed E-state index contributed by atoms with van der Waals surface area (Å²) in [7, 11) is -0.300. The van der Waals surface area contributed by atoms with Gasteiger partial charge in [-0.3, -0.25) is 0 Å². The Morgan fingerprint density at radius 2 is 1.26 bits per heavy atom. The zero-order chi connectivity index (χ0) is 24.8. The molecule has 1 saturated heterocycles. The summed E-state index contributed by atoms with van der Waals surface area (Å²) < 4.78 is 13.1. The lowest BCUT2D eigenvalue weighted by atomic mass is 9.70. The van der Waals surface area contributed by atoms with Crippen LogP contribution in [0, 0.1) is 0 Å². The van der Waals surface area contributed by atoms with E-state index in [9.17, 15) is 0 Å². The van der Waals surface area contributed by atoms with Crippen LogP contribution < -0.4 is 0 Å². The molecule has 0 aliphatic carbocycles. The van der Waals surface area contributed by atoms with Crippen molar-refractivity contribution in [1.82, 2.24) is 0 Å². The SMILES string of the molecule is CCC/C(B1OC(C)(C)C(C)(C)O1)=C(/CCC)c1ccc2ccc3ccc4ccccc4c3c2c1. The fraction of sp³-hybridized carbons (Fsp3) is 0.375. The second-order valence-corrected chi connectivity index (χ2v) is 11.0. The zero-order valence-corrected chi connectivity index (χ0v) is 22.1. The number of rotatable bonds is 6. The summed E-state index contributed by atoms with van der Waals surface area (Å²) in [4.78, 5) is 0. The zero-order valence-electron chi connectivity index (χ0n) is 22.1. The van der Waals surface area contributed by atoms with Crippen molar-refractivity contribution < 1.29 is 9.31 Å². The molecule has 4 aromatic rings. The Morgan fingerprint density at radius 3 is 1.91 bits per heavy atom. The highest BCUT2D eigenvalue weighted by molar-refractivity contribution is 6.56. The summed E-state index contributed by atoms with van der Waals surface area (Å²) in [6.07, 6.45) is 4.13. The van der Waals surface area contributed by atoms with E-state index in [1.165, 1.54) is 48.9 Å². The van der Waals surface area contributed by atoms with Crippen LogP contribution >= 0.6 is 0 Å². The Balaban J connectivity index is 1.74. The molecule has 0 atom stereocenters. The van der Waals surface area contributed by atoms with Gasteiger partial charge in [-0.15, -0.1) is 0 Å². The summed E-state index contributed by atoms with van der Waals surface area (Å²) in [6.45, 7) is 13.1. The van der Waals surface area contributed by atoms with Crippen molar-refractivity contribution in [3.63, 3.8) is 0 Å². The largest absolute Gasteiger partial charge is 0.490 e. The Labute approximate surface area is 210 Å². The highest BCUT2D eigenvalue weighted by Gasteiger charge is 2.52. The number of benzene rings is 4. The first kappa shape index (κ1) is 24.1. The van der Waals surface area contributed by atoms with Gasteiger partial charge in [0.05, 0.1) is 11.2 Å². The van der Waals surface area contributed by atoms with Crippen molar-refractivity contribution in [1.29, 1.82) is 0 Å². The Morgan fingerprint density at radius 1 is 0.686 bits per heavy atom. The standard InChI is InChI=1S/C32H37BO2/c1-7-11-26(29(12-8-2)33-34-31(3,4)32(5,6)35-33)25-20-17-23-16-19-24-18-15-22-13-9-10-14-27(22)30(24)28(23)21-25/h9-10,13-21H,7-8,11-12H2,1-6H3/b29-26+. The van der Waals surface area contributed by atoms with E-state index in [1.54, 1.807) is 0 Å². The van der Waals surface area contributed by atoms with Crippen LogP contribution in [0.25, 0.3) is 37.9 Å². The highest BCUT2D eigenvalue weighted by Crippen LogP contribution is 2.42. The first-order valence-corrected chi connectivity index (χ1v) is 13.2. The van der Waals surface area contributed by atoms with Crippen LogP contribution in [0.2, 0.25) is 0 Å². The van der Waals surface area contributed by atoms with Gasteiger partial charge in [0.2, 0.25) is 0 Å². The number of allylic oxidation sites excluding steroid dienone is 2. The number of fused-ring (bicyclic) bond motifs is 5. The molecular formula is C32H37BO2. The van der Waals surface area contributed by atoms with Crippen molar-refractivity contribution in [2.24, 2.45) is 0 Å². The molecule has 0 aromatic heterocycles. The fourth-order valence-corrected chi connectivity index (χ4v) is 5.42. The molecule has 4 aromatic carbocycles. The van der Waals surface area contributed by atoms with Crippen LogP contribution in [-0.4, -0.2) is 18.3 Å². The van der Waals surface area contributed by atoms with E-state index in [0.29, 0.717) is 0 Å². The average Bonchev–Trinajstić information content (AvgIpc) is 3.06. The van der Waals surface area contributed by atoms with Crippen molar-refractivity contribution in [3.05, 3.63) is 77.8 Å². The van der Waals surface area contributed by atoms with Crippen LogP contribution in [0.3, 0.4) is 0 Å². The molecule has 1 aliphatic heterocycles. The first-order valence-electron chi connectivity index (χ1n) is 13.2. The minimum Gasteiger partial charge on any atom is -0.400 e. The number of hydrogen-bond donors (Lipinski definition) is 0.